The summed E-state index contributed by atoms with van der Waals surface area (Å²) in [5.41, 5.74) is 1.02. The number of hydrogen-bond donors (Lipinski definition) is 0. The molecule has 0 saturated carbocycles. The van der Waals surface area contributed by atoms with Crippen LogP contribution in [-0.2, 0) is 0 Å². The maximum atomic E-state index is 11.3. The summed E-state index contributed by atoms with van der Waals surface area (Å²) in [4.78, 5) is 21.0. The fraction of sp³-hybridized carbons (Fsp3) is 0. The van der Waals surface area contributed by atoms with E-state index in [1.54, 1.807) is 54.6 Å². The summed E-state index contributed by atoms with van der Waals surface area (Å²) in [6.45, 7) is 0. The van der Waals surface area contributed by atoms with Crippen LogP contribution in [0.1, 0.15) is 11.3 Å². The van der Waals surface area contributed by atoms with Gasteiger partial charge in [-0.2, -0.15) is 0 Å². The second-order valence-corrected chi connectivity index (χ2v) is 5.16. The van der Waals surface area contributed by atoms with Crippen LogP contribution in [0.2, 0.25) is 0 Å². The number of hydrogen-bond acceptors (Lipinski definition) is 5. The Bertz CT molecular complexity index is 943. The number of nitro groups is 2. The largest absolute Gasteiger partial charge is 0.456 e. The lowest BCUT2D eigenvalue weighted by Gasteiger charge is -1.98. The van der Waals surface area contributed by atoms with Crippen LogP contribution in [0.25, 0.3) is 23.1 Å². The zero-order valence-corrected chi connectivity index (χ0v) is 12.9. The third kappa shape index (κ3) is 3.61. The number of nitro benzene ring substituents is 1. The van der Waals surface area contributed by atoms with E-state index in [4.69, 9.17) is 4.42 Å². The maximum Gasteiger partial charge on any atom is 0.280 e. The van der Waals surface area contributed by atoms with Gasteiger partial charge in [0.2, 0.25) is 0 Å². The van der Waals surface area contributed by atoms with Gasteiger partial charge in [0.05, 0.1) is 21.5 Å². The highest BCUT2D eigenvalue weighted by atomic mass is 16.6. The highest BCUT2D eigenvalue weighted by Crippen LogP contribution is 2.27. The van der Waals surface area contributed by atoms with Gasteiger partial charge in [-0.15, -0.1) is 0 Å². The van der Waals surface area contributed by atoms with Crippen molar-refractivity contribution in [3.8, 4) is 11.3 Å². The predicted octanol–water partition coefficient (Wildman–Crippen LogP) is 4.63. The molecule has 0 aliphatic carbocycles. The zero-order chi connectivity index (χ0) is 17.8. The summed E-state index contributed by atoms with van der Waals surface area (Å²) in [7, 11) is 0. The average Bonchev–Trinajstić information content (AvgIpc) is 3.09. The van der Waals surface area contributed by atoms with Crippen LogP contribution in [0.5, 0.6) is 0 Å². The maximum absolute atomic E-state index is 11.3. The van der Waals surface area contributed by atoms with Crippen LogP contribution >= 0.6 is 0 Å². The topological polar surface area (TPSA) is 99.4 Å². The Kier molecular flexibility index (Phi) is 4.38. The van der Waals surface area contributed by atoms with Gasteiger partial charge in [-0.25, -0.2) is 0 Å². The molecule has 0 saturated heterocycles. The van der Waals surface area contributed by atoms with Crippen molar-refractivity contribution in [2.24, 2.45) is 0 Å². The van der Waals surface area contributed by atoms with Crippen LogP contribution in [0.3, 0.4) is 0 Å². The van der Waals surface area contributed by atoms with Crippen LogP contribution in [0.4, 0.5) is 5.69 Å². The predicted molar refractivity (Wildman–Crippen MR) is 92.1 cm³/mol. The van der Waals surface area contributed by atoms with Crippen molar-refractivity contribution < 1.29 is 14.3 Å². The van der Waals surface area contributed by atoms with Crippen LogP contribution in [0, 0.1) is 20.2 Å². The van der Waals surface area contributed by atoms with Gasteiger partial charge in [-0.3, -0.25) is 20.2 Å². The monoisotopic (exact) mass is 336 g/mol. The number of furan rings is 1. The summed E-state index contributed by atoms with van der Waals surface area (Å²) in [5, 5.41) is 22.0. The van der Waals surface area contributed by atoms with E-state index in [1.807, 2.05) is 0 Å². The Morgan fingerprint density at radius 2 is 1.56 bits per heavy atom. The fourth-order valence-corrected chi connectivity index (χ4v) is 2.32. The summed E-state index contributed by atoms with van der Waals surface area (Å²) in [6, 6.07) is 17.7. The molecule has 0 radical (unpaired) electrons. The zero-order valence-electron chi connectivity index (χ0n) is 12.9. The SMILES string of the molecule is O=[N+]([O-])/C(=C\c1ccc(-c2ccc([N+](=O)[O-])cc2)o1)c1ccccc1. The summed E-state index contributed by atoms with van der Waals surface area (Å²) >= 11 is 0. The van der Waals surface area contributed by atoms with Crippen molar-refractivity contribution in [2.75, 3.05) is 0 Å². The van der Waals surface area contributed by atoms with Crippen molar-refractivity contribution in [2.45, 2.75) is 0 Å². The third-order valence-electron chi connectivity index (χ3n) is 3.53. The van der Waals surface area contributed by atoms with Gasteiger partial charge in [0.25, 0.3) is 11.4 Å². The molecule has 1 aromatic heterocycles. The number of benzene rings is 2. The van der Waals surface area contributed by atoms with Gasteiger partial charge in [0, 0.05) is 17.7 Å². The van der Waals surface area contributed by atoms with E-state index in [9.17, 15) is 20.2 Å². The summed E-state index contributed by atoms with van der Waals surface area (Å²) in [5.74, 6) is 0.792. The lowest BCUT2D eigenvalue weighted by Crippen LogP contribution is -1.97. The van der Waals surface area contributed by atoms with Crippen molar-refractivity contribution in [1.82, 2.24) is 0 Å². The Morgan fingerprint density at radius 3 is 2.16 bits per heavy atom. The summed E-state index contributed by atoms with van der Waals surface area (Å²) in [6.07, 6.45) is 1.35. The number of rotatable bonds is 5. The molecule has 124 valence electrons. The molecule has 25 heavy (non-hydrogen) atoms. The molecular weight excluding hydrogens is 324 g/mol. The van der Waals surface area contributed by atoms with Gasteiger partial charge in [0.1, 0.15) is 11.5 Å². The molecule has 0 bridgehead atoms. The van der Waals surface area contributed by atoms with Crippen molar-refractivity contribution in [3.05, 3.63) is 98.3 Å². The molecule has 1 heterocycles. The van der Waals surface area contributed by atoms with Crippen molar-refractivity contribution in [3.63, 3.8) is 0 Å². The van der Waals surface area contributed by atoms with E-state index in [-0.39, 0.29) is 11.4 Å². The quantitative estimate of drug-likeness (QED) is 0.499. The van der Waals surface area contributed by atoms with E-state index in [0.29, 0.717) is 22.6 Å². The van der Waals surface area contributed by atoms with Crippen LogP contribution in [0.15, 0.2) is 71.1 Å². The van der Waals surface area contributed by atoms with Gasteiger partial charge in [-0.05, 0) is 36.4 Å². The molecule has 0 N–H and O–H groups in total. The highest BCUT2D eigenvalue weighted by molar-refractivity contribution is 5.75. The molecular formula is C18H12N2O5. The normalized spacial score (nSPS) is 11.3. The smallest absolute Gasteiger partial charge is 0.280 e. The molecule has 3 aromatic rings. The molecule has 0 aliphatic heterocycles. The molecule has 0 unspecified atom stereocenters. The standard InChI is InChI=1S/C18H12N2O5/c21-19(22)15-8-6-14(7-9-15)18-11-10-16(25-18)12-17(20(23)24)13-4-2-1-3-5-13/h1-12H/b17-12-. The lowest BCUT2D eigenvalue weighted by molar-refractivity contribution is -0.384. The number of nitrogens with zero attached hydrogens (tertiary/aromatic N) is 2. The Balaban J connectivity index is 1.92. The fourth-order valence-electron chi connectivity index (χ4n) is 2.32. The molecule has 7 nitrogen and oxygen atoms in total. The summed E-state index contributed by atoms with van der Waals surface area (Å²) < 4.78 is 5.62. The van der Waals surface area contributed by atoms with E-state index in [0.717, 1.165) is 0 Å². The molecule has 3 rings (SSSR count). The molecule has 0 aliphatic rings. The minimum atomic E-state index is -0.483. The minimum Gasteiger partial charge on any atom is -0.456 e. The van der Waals surface area contributed by atoms with E-state index in [1.165, 1.54) is 18.2 Å². The van der Waals surface area contributed by atoms with Crippen LogP contribution < -0.4 is 0 Å². The van der Waals surface area contributed by atoms with E-state index >= 15 is 0 Å². The van der Waals surface area contributed by atoms with E-state index < -0.39 is 9.85 Å². The van der Waals surface area contributed by atoms with Gasteiger partial charge in [0.15, 0.2) is 0 Å². The lowest BCUT2D eigenvalue weighted by atomic mass is 10.1. The van der Waals surface area contributed by atoms with Gasteiger partial charge < -0.3 is 4.42 Å². The Labute approximate surface area is 142 Å². The number of non-ortho nitro benzene ring substituents is 1. The van der Waals surface area contributed by atoms with Gasteiger partial charge >= 0.3 is 0 Å². The second-order valence-electron chi connectivity index (χ2n) is 5.16. The first kappa shape index (κ1) is 16.1. The first-order valence-corrected chi connectivity index (χ1v) is 7.31. The molecule has 0 amide bonds. The highest BCUT2D eigenvalue weighted by Gasteiger charge is 2.15. The van der Waals surface area contributed by atoms with Crippen molar-refractivity contribution >= 4 is 17.5 Å². The van der Waals surface area contributed by atoms with Crippen LogP contribution in [-0.4, -0.2) is 9.85 Å². The average molecular weight is 336 g/mol. The minimum absolute atomic E-state index is 0.0184. The first-order chi connectivity index (χ1) is 12.0. The molecule has 7 heteroatoms. The molecule has 2 aromatic carbocycles. The first-order valence-electron chi connectivity index (χ1n) is 7.31. The van der Waals surface area contributed by atoms with Crippen molar-refractivity contribution in [1.29, 1.82) is 0 Å². The Hall–Kier alpha value is -3.74. The van der Waals surface area contributed by atoms with Gasteiger partial charge in [-0.1, -0.05) is 18.2 Å². The third-order valence-corrected chi connectivity index (χ3v) is 3.53. The molecule has 0 fully saturated rings. The molecule has 0 atom stereocenters. The molecule has 0 spiro atoms. The second kappa shape index (κ2) is 6.79. The van der Waals surface area contributed by atoms with E-state index in [2.05, 4.69) is 0 Å². The Morgan fingerprint density at radius 1 is 0.880 bits per heavy atom.